The van der Waals surface area contributed by atoms with Crippen LogP contribution in [0.2, 0.25) is 0 Å². The molecular formula is C11H12F2N2O4. The summed E-state index contributed by atoms with van der Waals surface area (Å²) in [4.78, 5) is 21.1. The van der Waals surface area contributed by atoms with E-state index in [9.17, 15) is 23.7 Å². The molecule has 1 unspecified atom stereocenters. The number of nitro groups is 1. The SMILES string of the molecule is CC(O)CCC(=O)Nc1c(F)cc(F)cc1[N+](=O)[O-]. The van der Waals surface area contributed by atoms with Gasteiger partial charge in [0.05, 0.1) is 17.1 Å². The second-order valence-electron chi connectivity index (χ2n) is 3.97. The van der Waals surface area contributed by atoms with Crippen LogP contribution in [-0.4, -0.2) is 22.0 Å². The second kappa shape index (κ2) is 6.19. The minimum atomic E-state index is -1.22. The number of amides is 1. The lowest BCUT2D eigenvalue weighted by molar-refractivity contribution is -0.384. The van der Waals surface area contributed by atoms with Gasteiger partial charge in [-0.1, -0.05) is 0 Å². The molecule has 0 saturated carbocycles. The number of halogens is 2. The first-order valence-electron chi connectivity index (χ1n) is 5.42. The zero-order valence-corrected chi connectivity index (χ0v) is 10.0. The molecule has 6 nitrogen and oxygen atoms in total. The van der Waals surface area contributed by atoms with Gasteiger partial charge in [0.15, 0.2) is 11.5 Å². The van der Waals surface area contributed by atoms with E-state index in [1.165, 1.54) is 6.92 Å². The first-order chi connectivity index (χ1) is 8.81. The van der Waals surface area contributed by atoms with E-state index in [4.69, 9.17) is 5.11 Å². The number of benzene rings is 1. The Morgan fingerprint density at radius 1 is 1.53 bits per heavy atom. The minimum absolute atomic E-state index is 0.127. The van der Waals surface area contributed by atoms with Crippen LogP contribution in [0.5, 0.6) is 0 Å². The topological polar surface area (TPSA) is 92.5 Å². The highest BCUT2D eigenvalue weighted by Crippen LogP contribution is 2.28. The van der Waals surface area contributed by atoms with E-state index in [0.29, 0.717) is 12.1 Å². The van der Waals surface area contributed by atoms with Crippen LogP contribution in [0, 0.1) is 21.7 Å². The highest BCUT2D eigenvalue weighted by molar-refractivity contribution is 5.93. The van der Waals surface area contributed by atoms with Gasteiger partial charge in [0, 0.05) is 12.5 Å². The number of rotatable bonds is 5. The molecule has 0 aromatic heterocycles. The Bertz CT molecular complexity index is 506. The highest BCUT2D eigenvalue weighted by Gasteiger charge is 2.22. The van der Waals surface area contributed by atoms with Crippen LogP contribution in [0.15, 0.2) is 12.1 Å². The zero-order valence-electron chi connectivity index (χ0n) is 10.0. The number of aliphatic hydroxyl groups excluding tert-OH is 1. The first kappa shape index (κ1) is 15.0. The molecule has 1 amide bonds. The van der Waals surface area contributed by atoms with Crippen molar-refractivity contribution < 1.29 is 23.6 Å². The van der Waals surface area contributed by atoms with Gasteiger partial charge in [-0.05, 0) is 13.3 Å². The van der Waals surface area contributed by atoms with Gasteiger partial charge in [0.25, 0.3) is 5.69 Å². The van der Waals surface area contributed by atoms with Crippen LogP contribution < -0.4 is 5.32 Å². The Kier molecular flexibility index (Phi) is 4.87. The van der Waals surface area contributed by atoms with Crippen molar-refractivity contribution in [2.45, 2.75) is 25.9 Å². The molecule has 0 heterocycles. The summed E-state index contributed by atoms with van der Waals surface area (Å²) in [6.07, 6.45) is -0.729. The van der Waals surface area contributed by atoms with Crippen molar-refractivity contribution in [3.05, 3.63) is 33.9 Å². The quantitative estimate of drug-likeness (QED) is 0.634. The van der Waals surface area contributed by atoms with Gasteiger partial charge >= 0.3 is 0 Å². The van der Waals surface area contributed by atoms with Gasteiger partial charge in [-0.2, -0.15) is 0 Å². The van der Waals surface area contributed by atoms with E-state index in [0.717, 1.165) is 0 Å². The molecule has 1 rings (SSSR count). The fourth-order valence-electron chi connectivity index (χ4n) is 1.37. The number of carbonyl (C=O) groups excluding carboxylic acids is 1. The van der Waals surface area contributed by atoms with Gasteiger partial charge in [-0.3, -0.25) is 14.9 Å². The molecule has 0 aliphatic rings. The summed E-state index contributed by atoms with van der Waals surface area (Å²) in [5.41, 5.74) is -1.54. The average Bonchev–Trinajstić information content (AvgIpc) is 2.29. The van der Waals surface area contributed by atoms with Crippen molar-refractivity contribution in [3.8, 4) is 0 Å². The van der Waals surface area contributed by atoms with E-state index < -0.39 is 39.9 Å². The molecule has 1 aromatic carbocycles. The average molecular weight is 274 g/mol. The highest BCUT2D eigenvalue weighted by atomic mass is 19.1. The van der Waals surface area contributed by atoms with Crippen LogP contribution in [-0.2, 0) is 4.79 Å². The Labute approximate surface area is 107 Å². The lowest BCUT2D eigenvalue weighted by atomic mass is 10.2. The monoisotopic (exact) mass is 274 g/mol. The lowest BCUT2D eigenvalue weighted by Gasteiger charge is -2.08. The van der Waals surface area contributed by atoms with Crippen molar-refractivity contribution in [1.82, 2.24) is 0 Å². The van der Waals surface area contributed by atoms with Crippen LogP contribution in [0.4, 0.5) is 20.2 Å². The molecule has 0 aliphatic heterocycles. The van der Waals surface area contributed by atoms with Gasteiger partial charge in [0.1, 0.15) is 5.82 Å². The van der Waals surface area contributed by atoms with Crippen LogP contribution in [0.3, 0.4) is 0 Å². The Morgan fingerprint density at radius 3 is 2.68 bits per heavy atom. The van der Waals surface area contributed by atoms with Gasteiger partial charge in [-0.25, -0.2) is 8.78 Å². The maximum absolute atomic E-state index is 13.4. The number of carbonyl (C=O) groups is 1. The Hall–Kier alpha value is -2.09. The van der Waals surface area contributed by atoms with E-state index in [2.05, 4.69) is 0 Å². The molecule has 2 N–H and O–H groups in total. The normalized spacial score (nSPS) is 12.0. The Balaban J connectivity index is 2.94. The van der Waals surface area contributed by atoms with Crippen molar-refractivity contribution >= 4 is 17.3 Å². The molecule has 0 aliphatic carbocycles. The number of nitrogens with zero attached hydrogens (tertiary/aromatic N) is 1. The van der Waals surface area contributed by atoms with Crippen LogP contribution >= 0.6 is 0 Å². The fourth-order valence-corrected chi connectivity index (χ4v) is 1.37. The molecule has 1 aromatic rings. The number of nitrogens with one attached hydrogen (secondary N) is 1. The summed E-state index contributed by atoms with van der Waals surface area (Å²) in [6.45, 7) is 1.47. The number of nitro benzene ring substituents is 1. The molecule has 104 valence electrons. The predicted octanol–water partition coefficient (Wildman–Crippen LogP) is 1.97. The molecule has 8 heteroatoms. The Morgan fingerprint density at radius 2 is 2.16 bits per heavy atom. The largest absolute Gasteiger partial charge is 0.393 e. The van der Waals surface area contributed by atoms with Crippen molar-refractivity contribution in [3.63, 3.8) is 0 Å². The van der Waals surface area contributed by atoms with Crippen LogP contribution in [0.1, 0.15) is 19.8 Å². The van der Waals surface area contributed by atoms with E-state index in [1.807, 2.05) is 5.32 Å². The lowest BCUT2D eigenvalue weighted by Crippen LogP contribution is -2.16. The molecule has 0 fully saturated rings. The third-order valence-electron chi connectivity index (χ3n) is 2.28. The molecule has 0 radical (unpaired) electrons. The third-order valence-corrected chi connectivity index (χ3v) is 2.28. The minimum Gasteiger partial charge on any atom is -0.393 e. The van der Waals surface area contributed by atoms with Crippen molar-refractivity contribution in [2.24, 2.45) is 0 Å². The summed E-state index contributed by atoms with van der Waals surface area (Å²) >= 11 is 0. The van der Waals surface area contributed by atoms with Gasteiger partial charge < -0.3 is 10.4 Å². The van der Waals surface area contributed by atoms with E-state index >= 15 is 0 Å². The summed E-state index contributed by atoms with van der Waals surface area (Å²) in [5, 5.41) is 21.7. The maximum atomic E-state index is 13.4. The molecule has 0 bridgehead atoms. The number of aliphatic hydroxyl groups is 1. The van der Waals surface area contributed by atoms with Gasteiger partial charge in [0.2, 0.25) is 5.91 Å². The first-order valence-corrected chi connectivity index (χ1v) is 5.42. The smallest absolute Gasteiger partial charge is 0.298 e. The van der Waals surface area contributed by atoms with Gasteiger partial charge in [-0.15, -0.1) is 0 Å². The molecule has 19 heavy (non-hydrogen) atoms. The van der Waals surface area contributed by atoms with Crippen LogP contribution in [0.25, 0.3) is 0 Å². The fraction of sp³-hybridized carbons (Fsp3) is 0.364. The summed E-state index contributed by atoms with van der Waals surface area (Å²) in [5.74, 6) is -3.03. The maximum Gasteiger partial charge on any atom is 0.298 e. The second-order valence-corrected chi connectivity index (χ2v) is 3.97. The van der Waals surface area contributed by atoms with Crippen molar-refractivity contribution in [1.29, 1.82) is 0 Å². The summed E-state index contributed by atoms with van der Waals surface area (Å²) in [6, 6.07) is 0.963. The third kappa shape index (κ3) is 4.25. The number of anilines is 1. The van der Waals surface area contributed by atoms with E-state index in [1.54, 1.807) is 0 Å². The summed E-state index contributed by atoms with van der Waals surface area (Å²) in [7, 11) is 0. The zero-order chi connectivity index (χ0) is 14.6. The number of hydrogen-bond donors (Lipinski definition) is 2. The van der Waals surface area contributed by atoms with E-state index in [-0.39, 0.29) is 12.8 Å². The number of hydrogen-bond acceptors (Lipinski definition) is 4. The standard InChI is InChI=1S/C11H12F2N2O4/c1-6(16)2-3-10(17)14-11-8(13)4-7(12)5-9(11)15(18)19/h4-6,16H,2-3H2,1H3,(H,14,17). The molecule has 0 spiro atoms. The van der Waals surface area contributed by atoms with Crippen molar-refractivity contribution in [2.75, 3.05) is 5.32 Å². The molecule has 0 saturated heterocycles. The molecular weight excluding hydrogens is 262 g/mol. The molecule has 1 atom stereocenters. The predicted molar refractivity (Wildman–Crippen MR) is 62.6 cm³/mol. The summed E-state index contributed by atoms with van der Waals surface area (Å²) < 4.78 is 26.3.